The molecule has 0 saturated carbocycles. The van der Waals surface area contributed by atoms with Gasteiger partial charge in [-0.3, -0.25) is 0 Å². The van der Waals surface area contributed by atoms with Crippen molar-refractivity contribution >= 4 is 27.0 Å². The summed E-state index contributed by atoms with van der Waals surface area (Å²) in [6.07, 6.45) is 0. The molecule has 1 heterocycles. The van der Waals surface area contributed by atoms with Crippen LogP contribution in [-0.4, -0.2) is 9.55 Å². The summed E-state index contributed by atoms with van der Waals surface area (Å²) in [5.74, 6) is 0.895. The van der Waals surface area contributed by atoms with Crippen molar-refractivity contribution in [2.75, 3.05) is 0 Å². The van der Waals surface area contributed by atoms with Crippen LogP contribution in [0, 0.1) is 11.3 Å². The first-order valence-corrected chi connectivity index (χ1v) is 6.61. The average Bonchev–Trinajstić information content (AvgIpc) is 2.75. The van der Waals surface area contributed by atoms with Crippen LogP contribution in [0.2, 0.25) is 0 Å². The summed E-state index contributed by atoms with van der Waals surface area (Å²) in [4.78, 5) is 4.62. The highest BCUT2D eigenvalue weighted by Crippen LogP contribution is 2.26. The Morgan fingerprint density at radius 3 is 2.79 bits per heavy atom. The number of aryl methyl sites for hydroxylation is 1. The van der Waals surface area contributed by atoms with E-state index in [4.69, 9.17) is 5.26 Å². The molecule has 19 heavy (non-hydrogen) atoms. The second-order valence-corrected chi connectivity index (χ2v) is 5.24. The molecule has 92 valence electrons. The molecule has 0 atom stereocenters. The van der Waals surface area contributed by atoms with Crippen molar-refractivity contribution in [3.8, 4) is 17.5 Å². The van der Waals surface area contributed by atoms with E-state index in [9.17, 15) is 0 Å². The van der Waals surface area contributed by atoms with Gasteiger partial charge in [-0.25, -0.2) is 4.98 Å². The highest BCUT2D eigenvalue weighted by atomic mass is 79.9. The van der Waals surface area contributed by atoms with Gasteiger partial charge in [0.05, 0.1) is 22.7 Å². The Kier molecular flexibility index (Phi) is 2.84. The topological polar surface area (TPSA) is 41.6 Å². The Balaban J connectivity index is 2.25. The number of rotatable bonds is 1. The van der Waals surface area contributed by atoms with Crippen LogP contribution in [0.25, 0.3) is 22.4 Å². The van der Waals surface area contributed by atoms with Crippen LogP contribution in [0.15, 0.2) is 46.9 Å². The molecule has 0 unspecified atom stereocenters. The molecule has 1 aromatic heterocycles. The Morgan fingerprint density at radius 1 is 1.21 bits per heavy atom. The summed E-state index contributed by atoms with van der Waals surface area (Å²) in [5, 5.41) is 8.94. The smallest absolute Gasteiger partial charge is 0.140 e. The van der Waals surface area contributed by atoms with Gasteiger partial charge in [-0.2, -0.15) is 5.26 Å². The van der Waals surface area contributed by atoms with Crippen LogP contribution in [0.3, 0.4) is 0 Å². The lowest BCUT2D eigenvalue weighted by atomic mass is 10.2. The number of hydrogen-bond donors (Lipinski definition) is 0. The Labute approximate surface area is 119 Å². The minimum Gasteiger partial charge on any atom is -0.327 e. The lowest BCUT2D eigenvalue weighted by Crippen LogP contribution is -1.92. The van der Waals surface area contributed by atoms with E-state index < -0.39 is 0 Å². The first-order chi connectivity index (χ1) is 9.19. The monoisotopic (exact) mass is 311 g/mol. The van der Waals surface area contributed by atoms with Gasteiger partial charge in [-0.05, 0) is 30.3 Å². The van der Waals surface area contributed by atoms with Crippen molar-refractivity contribution < 1.29 is 0 Å². The fourth-order valence-corrected chi connectivity index (χ4v) is 2.55. The molecule has 4 heteroatoms. The third kappa shape index (κ3) is 2.02. The maximum atomic E-state index is 8.94. The molecule has 0 N–H and O–H groups in total. The van der Waals surface area contributed by atoms with Crippen molar-refractivity contribution in [2.45, 2.75) is 0 Å². The lowest BCUT2D eigenvalue weighted by molar-refractivity contribution is 0.959. The highest BCUT2D eigenvalue weighted by Gasteiger charge is 2.10. The number of nitrogens with zero attached hydrogens (tertiary/aromatic N) is 3. The molecule has 0 amide bonds. The SMILES string of the molecule is Cn1c(-c2cccc(Br)c2)nc2cc(C#N)ccc21. The minimum atomic E-state index is 0.631. The molecular weight excluding hydrogens is 302 g/mol. The van der Waals surface area contributed by atoms with Gasteiger partial charge in [0.1, 0.15) is 5.82 Å². The van der Waals surface area contributed by atoms with E-state index in [0.717, 1.165) is 26.9 Å². The molecule has 0 fully saturated rings. The van der Waals surface area contributed by atoms with Crippen molar-refractivity contribution in [1.82, 2.24) is 9.55 Å². The number of benzene rings is 2. The Morgan fingerprint density at radius 2 is 2.05 bits per heavy atom. The fraction of sp³-hybridized carbons (Fsp3) is 0.0667. The summed E-state index contributed by atoms with van der Waals surface area (Å²) >= 11 is 3.47. The maximum absolute atomic E-state index is 8.94. The molecule has 2 aromatic carbocycles. The number of imidazole rings is 1. The van der Waals surface area contributed by atoms with Crippen LogP contribution < -0.4 is 0 Å². The quantitative estimate of drug-likeness (QED) is 0.684. The predicted molar refractivity (Wildman–Crippen MR) is 78.6 cm³/mol. The van der Waals surface area contributed by atoms with Gasteiger partial charge >= 0.3 is 0 Å². The largest absolute Gasteiger partial charge is 0.327 e. The molecule has 0 aliphatic heterocycles. The van der Waals surface area contributed by atoms with E-state index in [1.165, 1.54) is 0 Å². The zero-order valence-electron chi connectivity index (χ0n) is 10.3. The summed E-state index contributed by atoms with van der Waals surface area (Å²) in [5.41, 5.74) is 3.54. The van der Waals surface area contributed by atoms with E-state index in [0.29, 0.717) is 5.56 Å². The number of halogens is 1. The van der Waals surface area contributed by atoms with E-state index in [2.05, 4.69) is 27.0 Å². The molecule has 0 aliphatic carbocycles. The molecule has 3 rings (SSSR count). The first kappa shape index (κ1) is 11.9. The maximum Gasteiger partial charge on any atom is 0.140 e. The summed E-state index contributed by atoms with van der Waals surface area (Å²) < 4.78 is 3.06. The minimum absolute atomic E-state index is 0.631. The van der Waals surface area contributed by atoms with Crippen molar-refractivity contribution in [3.63, 3.8) is 0 Å². The van der Waals surface area contributed by atoms with Crippen LogP contribution >= 0.6 is 15.9 Å². The zero-order chi connectivity index (χ0) is 13.4. The molecule has 0 bridgehead atoms. The lowest BCUT2D eigenvalue weighted by Gasteiger charge is -2.02. The summed E-state index contributed by atoms with van der Waals surface area (Å²) in [7, 11) is 1.98. The number of fused-ring (bicyclic) bond motifs is 1. The summed E-state index contributed by atoms with van der Waals surface area (Å²) in [6, 6.07) is 15.7. The van der Waals surface area contributed by atoms with Crippen LogP contribution in [0.5, 0.6) is 0 Å². The number of hydrogen-bond acceptors (Lipinski definition) is 2. The van der Waals surface area contributed by atoms with Crippen molar-refractivity contribution in [1.29, 1.82) is 5.26 Å². The number of nitriles is 1. The summed E-state index contributed by atoms with van der Waals surface area (Å²) in [6.45, 7) is 0. The van der Waals surface area contributed by atoms with Crippen LogP contribution in [0.1, 0.15) is 5.56 Å². The molecule has 0 aliphatic rings. The van der Waals surface area contributed by atoms with Crippen LogP contribution in [0.4, 0.5) is 0 Å². The average molecular weight is 312 g/mol. The van der Waals surface area contributed by atoms with Gasteiger partial charge in [0, 0.05) is 17.1 Å². The molecule has 0 radical (unpaired) electrons. The van der Waals surface area contributed by atoms with Crippen LogP contribution in [-0.2, 0) is 7.05 Å². The van der Waals surface area contributed by atoms with E-state index in [-0.39, 0.29) is 0 Å². The van der Waals surface area contributed by atoms with Gasteiger partial charge in [-0.15, -0.1) is 0 Å². The molecule has 0 spiro atoms. The third-order valence-corrected chi connectivity index (χ3v) is 3.59. The number of aromatic nitrogens is 2. The third-order valence-electron chi connectivity index (χ3n) is 3.09. The van der Waals surface area contributed by atoms with Gasteiger partial charge in [0.15, 0.2) is 0 Å². The molecular formula is C15H10BrN3. The molecule has 3 aromatic rings. The molecule has 0 saturated heterocycles. The van der Waals surface area contributed by atoms with Gasteiger partial charge in [-0.1, -0.05) is 28.1 Å². The van der Waals surface area contributed by atoms with Crippen molar-refractivity contribution in [2.24, 2.45) is 7.05 Å². The van der Waals surface area contributed by atoms with Gasteiger partial charge in [0.25, 0.3) is 0 Å². The normalized spacial score (nSPS) is 10.6. The van der Waals surface area contributed by atoms with Gasteiger partial charge < -0.3 is 4.57 Å². The Hall–Kier alpha value is -2.12. The zero-order valence-corrected chi connectivity index (χ0v) is 11.8. The second-order valence-electron chi connectivity index (χ2n) is 4.32. The van der Waals surface area contributed by atoms with E-state index in [1.54, 1.807) is 0 Å². The van der Waals surface area contributed by atoms with E-state index >= 15 is 0 Å². The standard InChI is InChI=1S/C15H10BrN3/c1-19-14-6-5-10(9-17)7-13(14)18-15(19)11-3-2-4-12(16)8-11/h2-8H,1H3. The van der Waals surface area contributed by atoms with Gasteiger partial charge in [0.2, 0.25) is 0 Å². The highest BCUT2D eigenvalue weighted by molar-refractivity contribution is 9.10. The predicted octanol–water partition coefficient (Wildman–Crippen LogP) is 3.87. The fourth-order valence-electron chi connectivity index (χ4n) is 2.16. The second kappa shape index (κ2) is 4.52. The van der Waals surface area contributed by atoms with E-state index in [1.807, 2.05) is 54.1 Å². The Bertz CT molecular complexity index is 812. The first-order valence-electron chi connectivity index (χ1n) is 5.81. The van der Waals surface area contributed by atoms with Crippen molar-refractivity contribution in [3.05, 3.63) is 52.5 Å². The molecule has 3 nitrogen and oxygen atoms in total.